The van der Waals surface area contributed by atoms with Gasteiger partial charge in [-0.15, -0.1) is 0 Å². The fraction of sp³-hybridized carbons (Fsp3) is 0.444. The molecule has 1 fully saturated rings. The zero-order valence-electron chi connectivity index (χ0n) is 7.77. The largest absolute Gasteiger partial charge is 0.465 e. The number of ether oxygens (including phenoxy) is 1. The van der Waals surface area contributed by atoms with Crippen molar-refractivity contribution in [3.05, 3.63) is 28.2 Å². The van der Waals surface area contributed by atoms with Crippen molar-refractivity contribution < 1.29 is 9.53 Å². The van der Waals surface area contributed by atoms with Gasteiger partial charge in [-0.1, -0.05) is 0 Å². The Morgan fingerprint density at radius 1 is 1.64 bits per heavy atom. The predicted octanol–water partition coefficient (Wildman–Crippen LogP) is 0.365. The van der Waals surface area contributed by atoms with Gasteiger partial charge in [0.15, 0.2) is 0 Å². The molecular formula is C9H10N2O3. The van der Waals surface area contributed by atoms with Crippen LogP contribution in [0.3, 0.4) is 0 Å². The molecule has 5 heteroatoms. The summed E-state index contributed by atoms with van der Waals surface area (Å²) in [5.41, 5.74) is -0.0372. The van der Waals surface area contributed by atoms with Crippen LogP contribution in [-0.4, -0.2) is 22.9 Å². The quantitative estimate of drug-likeness (QED) is 0.638. The van der Waals surface area contributed by atoms with Crippen molar-refractivity contribution in [2.45, 2.75) is 18.9 Å². The van der Waals surface area contributed by atoms with Crippen LogP contribution in [0, 0.1) is 0 Å². The molecule has 0 unspecified atom stereocenters. The van der Waals surface area contributed by atoms with Gasteiger partial charge in [-0.05, 0) is 12.8 Å². The second-order valence-corrected chi connectivity index (χ2v) is 3.25. The normalized spacial score (nSPS) is 15.2. The molecule has 0 bridgehead atoms. The second-order valence-electron chi connectivity index (χ2n) is 3.25. The molecule has 0 aliphatic heterocycles. The molecule has 1 aliphatic rings. The average Bonchev–Trinajstić information content (AvgIpc) is 3.00. The molecule has 0 N–H and O–H groups in total. The maximum absolute atomic E-state index is 11.4. The molecule has 0 spiro atoms. The number of carbonyl (C=O) groups excluding carboxylic acids is 1. The molecule has 74 valence electrons. The van der Waals surface area contributed by atoms with Crippen LogP contribution in [-0.2, 0) is 4.74 Å². The Labute approximate surface area is 80.3 Å². The highest BCUT2D eigenvalue weighted by molar-refractivity contribution is 5.88. The summed E-state index contributed by atoms with van der Waals surface area (Å²) < 4.78 is 5.89. The van der Waals surface area contributed by atoms with Crippen molar-refractivity contribution in [1.82, 2.24) is 9.78 Å². The Hall–Kier alpha value is -1.65. The zero-order valence-corrected chi connectivity index (χ0v) is 7.77. The lowest BCUT2D eigenvalue weighted by molar-refractivity contribution is 0.0599. The number of methoxy groups -OCH3 is 1. The fourth-order valence-electron chi connectivity index (χ4n) is 1.24. The lowest BCUT2D eigenvalue weighted by atomic mass is 10.3. The smallest absolute Gasteiger partial charge is 0.339 e. The van der Waals surface area contributed by atoms with Gasteiger partial charge in [0.05, 0.1) is 24.9 Å². The summed E-state index contributed by atoms with van der Waals surface area (Å²) in [6.07, 6.45) is 3.35. The van der Waals surface area contributed by atoms with Crippen LogP contribution in [0.25, 0.3) is 0 Å². The van der Waals surface area contributed by atoms with Crippen molar-refractivity contribution in [3.8, 4) is 0 Å². The van der Waals surface area contributed by atoms with Crippen molar-refractivity contribution in [1.29, 1.82) is 0 Å². The fourth-order valence-corrected chi connectivity index (χ4v) is 1.24. The third kappa shape index (κ3) is 1.53. The Bertz CT molecular complexity index is 420. The Balaban J connectivity index is 2.35. The van der Waals surface area contributed by atoms with E-state index in [4.69, 9.17) is 0 Å². The molecule has 0 saturated heterocycles. The zero-order chi connectivity index (χ0) is 10.1. The summed E-state index contributed by atoms with van der Waals surface area (Å²) in [5.74, 6) is -0.530. The van der Waals surface area contributed by atoms with Crippen LogP contribution < -0.4 is 5.56 Å². The van der Waals surface area contributed by atoms with E-state index in [0.717, 1.165) is 12.8 Å². The van der Waals surface area contributed by atoms with E-state index >= 15 is 0 Å². The summed E-state index contributed by atoms with van der Waals surface area (Å²) >= 11 is 0. The first-order chi connectivity index (χ1) is 6.72. The third-order valence-corrected chi connectivity index (χ3v) is 2.14. The average molecular weight is 194 g/mol. The molecule has 2 rings (SSSR count). The summed E-state index contributed by atoms with van der Waals surface area (Å²) in [5, 5.41) is 3.91. The second kappa shape index (κ2) is 3.25. The minimum absolute atomic E-state index is 0.203. The van der Waals surface area contributed by atoms with Crippen molar-refractivity contribution in [2.24, 2.45) is 0 Å². The van der Waals surface area contributed by atoms with Crippen molar-refractivity contribution in [3.63, 3.8) is 0 Å². The molecule has 1 heterocycles. The monoisotopic (exact) mass is 194 g/mol. The van der Waals surface area contributed by atoms with Gasteiger partial charge < -0.3 is 4.74 Å². The van der Waals surface area contributed by atoms with Crippen LogP contribution in [0.1, 0.15) is 29.2 Å². The third-order valence-electron chi connectivity index (χ3n) is 2.14. The first-order valence-electron chi connectivity index (χ1n) is 4.39. The van der Waals surface area contributed by atoms with Gasteiger partial charge >= 0.3 is 5.97 Å². The molecule has 0 radical (unpaired) electrons. The number of aromatic nitrogens is 2. The van der Waals surface area contributed by atoms with Crippen molar-refractivity contribution >= 4 is 5.97 Å². The van der Waals surface area contributed by atoms with Gasteiger partial charge in [0.1, 0.15) is 0 Å². The summed E-state index contributed by atoms with van der Waals surface area (Å²) in [4.78, 5) is 22.5. The van der Waals surface area contributed by atoms with Crippen LogP contribution in [0.4, 0.5) is 0 Å². The Morgan fingerprint density at radius 3 is 2.86 bits per heavy atom. The van der Waals surface area contributed by atoms with E-state index in [0.29, 0.717) is 0 Å². The molecule has 0 aromatic carbocycles. The minimum atomic E-state index is -0.530. The van der Waals surface area contributed by atoms with E-state index in [-0.39, 0.29) is 17.2 Å². The Morgan fingerprint density at radius 2 is 2.36 bits per heavy atom. The first kappa shape index (κ1) is 8.93. The number of nitrogens with zero attached hydrogens (tertiary/aromatic N) is 2. The first-order valence-corrected chi connectivity index (χ1v) is 4.39. The topological polar surface area (TPSA) is 61.2 Å². The molecule has 14 heavy (non-hydrogen) atoms. The van der Waals surface area contributed by atoms with Crippen LogP contribution in [0.2, 0.25) is 0 Å². The SMILES string of the molecule is COC(=O)c1cnn(C2CC2)c(=O)c1. The van der Waals surface area contributed by atoms with Crippen LogP contribution >= 0.6 is 0 Å². The number of hydrogen-bond acceptors (Lipinski definition) is 4. The number of hydrogen-bond donors (Lipinski definition) is 0. The molecule has 1 aliphatic carbocycles. The highest BCUT2D eigenvalue weighted by Crippen LogP contribution is 2.32. The molecule has 1 aromatic heterocycles. The lowest BCUT2D eigenvalue weighted by Crippen LogP contribution is -2.22. The van der Waals surface area contributed by atoms with E-state index in [1.54, 1.807) is 0 Å². The highest BCUT2D eigenvalue weighted by Gasteiger charge is 2.25. The molecule has 0 amide bonds. The number of esters is 1. The molecule has 1 saturated carbocycles. The predicted molar refractivity (Wildman–Crippen MR) is 48.1 cm³/mol. The summed E-state index contributed by atoms with van der Waals surface area (Å²) in [7, 11) is 1.27. The van der Waals surface area contributed by atoms with Gasteiger partial charge in [-0.3, -0.25) is 4.79 Å². The van der Waals surface area contributed by atoms with Crippen LogP contribution in [0.15, 0.2) is 17.1 Å². The summed E-state index contributed by atoms with van der Waals surface area (Å²) in [6.45, 7) is 0. The maximum Gasteiger partial charge on any atom is 0.339 e. The van der Waals surface area contributed by atoms with E-state index in [2.05, 4.69) is 9.84 Å². The Kier molecular flexibility index (Phi) is 2.07. The molecule has 1 aromatic rings. The van der Waals surface area contributed by atoms with Gasteiger partial charge in [0.2, 0.25) is 0 Å². The minimum Gasteiger partial charge on any atom is -0.465 e. The standard InChI is InChI=1S/C9H10N2O3/c1-14-9(13)6-4-8(12)11(10-5-6)7-2-3-7/h4-5,7H,2-3H2,1H3. The summed E-state index contributed by atoms with van der Waals surface area (Å²) in [6, 6.07) is 1.49. The van der Waals surface area contributed by atoms with E-state index in [1.165, 1.54) is 24.1 Å². The van der Waals surface area contributed by atoms with Crippen molar-refractivity contribution in [2.75, 3.05) is 7.11 Å². The van der Waals surface area contributed by atoms with Gasteiger partial charge in [0.25, 0.3) is 5.56 Å². The lowest BCUT2D eigenvalue weighted by Gasteiger charge is -2.02. The van der Waals surface area contributed by atoms with E-state index < -0.39 is 5.97 Å². The number of carbonyl (C=O) groups is 1. The molecule has 5 nitrogen and oxygen atoms in total. The van der Waals surface area contributed by atoms with E-state index in [9.17, 15) is 9.59 Å². The van der Waals surface area contributed by atoms with Crippen LogP contribution in [0.5, 0.6) is 0 Å². The maximum atomic E-state index is 11.4. The number of rotatable bonds is 2. The molecule has 0 atom stereocenters. The highest BCUT2D eigenvalue weighted by atomic mass is 16.5. The van der Waals surface area contributed by atoms with Gasteiger partial charge in [-0.25, -0.2) is 9.48 Å². The van der Waals surface area contributed by atoms with E-state index in [1.807, 2.05) is 0 Å². The molecular weight excluding hydrogens is 184 g/mol. The van der Waals surface area contributed by atoms with Gasteiger partial charge in [0, 0.05) is 6.07 Å². The van der Waals surface area contributed by atoms with Gasteiger partial charge in [-0.2, -0.15) is 5.10 Å².